The molecule has 0 bridgehead atoms. The van der Waals surface area contributed by atoms with Gasteiger partial charge in [0.15, 0.2) is 6.61 Å². The highest BCUT2D eigenvalue weighted by Crippen LogP contribution is 2.33. The zero-order valence-corrected chi connectivity index (χ0v) is 13.4. The van der Waals surface area contributed by atoms with Gasteiger partial charge in [-0.25, -0.2) is 4.68 Å². The van der Waals surface area contributed by atoms with Crippen molar-refractivity contribution in [2.45, 2.75) is 6.18 Å². The number of amides is 1. The number of anilines is 1. The smallest absolute Gasteiger partial charge is 0.416 e. The Morgan fingerprint density at radius 2 is 1.88 bits per heavy atom. The summed E-state index contributed by atoms with van der Waals surface area (Å²) in [6.07, 6.45) is -1.47. The van der Waals surface area contributed by atoms with Crippen LogP contribution < -0.4 is 10.1 Å². The Morgan fingerprint density at radius 3 is 2.54 bits per heavy atom. The minimum atomic E-state index is -4.53. The second-order valence-electron chi connectivity index (χ2n) is 5.33. The number of hydrogen-bond acceptors (Lipinski definition) is 3. The van der Waals surface area contributed by atoms with E-state index in [2.05, 4.69) is 10.4 Å². The highest BCUT2D eigenvalue weighted by atomic mass is 19.4. The van der Waals surface area contributed by atoms with Gasteiger partial charge in [0.05, 0.1) is 16.9 Å². The molecule has 1 aromatic heterocycles. The van der Waals surface area contributed by atoms with Crippen LogP contribution in [0.4, 0.5) is 18.9 Å². The SMILES string of the molecule is O=C(COc1ccccc1)Nc1cc(C(F)(F)F)ccc1-n1cccn1. The Bertz CT molecular complexity index is 878. The molecule has 1 heterocycles. The number of hydrogen-bond donors (Lipinski definition) is 1. The van der Waals surface area contributed by atoms with Crippen molar-refractivity contribution in [1.29, 1.82) is 0 Å². The summed E-state index contributed by atoms with van der Waals surface area (Å²) in [6, 6.07) is 13.3. The molecule has 134 valence electrons. The Hall–Kier alpha value is -3.29. The summed E-state index contributed by atoms with van der Waals surface area (Å²) in [4.78, 5) is 12.1. The summed E-state index contributed by atoms with van der Waals surface area (Å²) in [6.45, 7) is -0.335. The summed E-state index contributed by atoms with van der Waals surface area (Å²) < 4.78 is 45.6. The average Bonchev–Trinajstić information content (AvgIpc) is 3.14. The molecule has 0 saturated carbocycles. The summed E-state index contributed by atoms with van der Waals surface area (Å²) in [5.74, 6) is -0.0967. The van der Waals surface area contributed by atoms with Crippen LogP contribution in [0.25, 0.3) is 5.69 Å². The van der Waals surface area contributed by atoms with Crippen molar-refractivity contribution in [2.75, 3.05) is 11.9 Å². The van der Waals surface area contributed by atoms with Crippen molar-refractivity contribution >= 4 is 11.6 Å². The number of carbonyl (C=O) groups excluding carboxylic acids is 1. The van der Waals surface area contributed by atoms with Crippen LogP contribution in [0.5, 0.6) is 5.75 Å². The molecule has 3 aromatic rings. The second kappa shape index (κ2) is 7.30. The predicted octanol–water partition coefficient (Wildman–Crippen LogP) is 3.91. The Labute approximate surface area is 147 Å². The third-order valence-electron chi connectivity index (χ3n) is 3.46. The van der Waals surface area contributed by atoms with Crippen LogP contribution in [0.1, 0.15) is 5.56 Å². The van der Waals surface area contributed by atoms with Crippen LogP contribution in [-0.2, 0) is 11.0 Å². The molecule has 0 aliphatic rings. The first-order chi connectivity index (χ1) is 12.4. The maximum Gasteiger partial charge on any atom is 0.416 e. The van der Waals surface area contributed by atoms with Gasteiger partial charge in [-0.05, 0) is 36.4 Å². The Morgan fingerprint density at radius 1 is 1.12 bits per heavy atom. The number of rotatable bonds is 5. The van der Waals surface area contributed by atoms with Gasteiger partial charge < -0.3 is 10.1 Å². The predicted molar refractivity (Wildman–Crippen MR) is 89.1 cm³/mol. The van der Waals surface area contributed by atoms with E-state index in [0.29, 0.717) is 11.4 Å². The van der Waals surface area contributed by atoms with Gasteiger partial charge in [0.1, 0.15) is 5.75 Å². The summed E-state index contributed by atoms with van der Waals surface area (Å²) in [7, 11) is 0. The summed E-state index contributed by atoms with van der Waals surface area (Å²) in [5, 5.41) is 6.45. The van der Waals surface area contributed by atoms with E-state index in [1.807, 2.05) is 0 Å². The number of aromatic nitrogens is 2. The number of nitrogens with one attached hydrogen (secondary N) is 1. The van der Waals surface area contributed by atoms with Gasteiger partial charge in [-0.2, -0.15) is 18.3 Å². The third-order valence-corrected chi connectivity index (χ3v) is 3.46. The van der Waals surface area contributed by atoms with Gasteiger partial charge >= 0.3 is 6.18 Å². The number of alkyl halides is 3. The Balaban J connectivity index is 1.81. The van der Waals surface area contributed by atoms with E-state index in [1.54, 1.807) is 42.6 Å². The monoisotopic (exact) mass is 361 g/mol. The lowest BCUT2D eigenvalue weighted by Gasteiger charge is -2.15. The maximum absolute atomic E-state index is 13.0. The molecule has 0 radical (unpaired) electrons. The lowest BCUT2D eigenvalue weighted by atomic mass is 10.1. The molecule has 3 rings (SSSR count). The molecule has 0 fully saturated rings. The fourth-order valence-corrected chi connectivity index (χ4v) is 2.28. The van der Waals surface area contributed by atoms with Gasteiger partial charge in [-0.3, -0.25) is 4.79 Å². The van der Waals surface area contributed by atoms with Crippen molar-refractivity contribution in [1.82, 2.24) is 9.78 Å². The molecule has 26 heavy (non-hydrogen) atoms. The zero-order valence-electron chi connectivity index (χ0n) is 13.4. The number of para-hydroxylation sites is 1. The van der Waals surface area contributed by atoms with Gasteiger partial charge in [-0.1, -0.05) is 18.2 Å². The first-order valence-corrected chi connectivity index (χ1v) is 7.62. The minimum absolute atomic E-state index is 0.00909. The van der Waals surface area contributed by atoms with Gasteiger partial charge in [0.25, 0.3) is 5.91 Å². The normalized spacial score (nSPS) is 11.2. The van der Waals surface area contributed by atoms with Gasteiger partial charge in [-0.15, -0.1) is 0 Å². The molecule has 1 amide bonds. The first kappa shape index (κ1) is 17.5. The first-order valence-electron chi connectivity index (χ1n) is 7.62. The van der Waals surface area contributed by atoms with E-state index in [1.165, 1.54) is 16.9 Å². The van der Waals surface area contributed by atoms with Crippen LogP contribution in [-0.4, -0.2) is 22.3 Å². The van der Waals surface area contributed by atoms with E-state index in [0.717, 1.165) is 12.1 Å². The van der Waals surface area contributed by atoms with Gasteiger partial charge in [0.2, 0.25) is 0 Å². The van der Waals surface area contributed by atoms with E-state index in [9.17, 15) is 18.0 Å². The molecule has 0 atom stereocenters. The Kier molecular flexibility index (Phi) is 4.92. The molecule has 0 spiro atoms. The lowest BCUT2D eigenvalue weighted by Crippen LogP contribution is -2.21. The molecule has 0 unspecified atom stereocenters. The average molecular weight is 361 g/mol. The van der Waals surface area contributed by atoms with Crippen molar-refractivity contribution in [3.63, 3.8) is 0 Å². The molecule has 5 nitrogen and oxygen atoms in total. The van der Waals surface area contributed by atoms with Crippen molar-refractivity contribution in [2.24, 2.45) is 0 Å². The van der Waals surface area contributed by atoms with E-state index >= 15 is 0 Å². The summed E-state index contributed by atoms with van der Waals surface area (Å²) >= 11 is 0. The molecular formula is C18H14F3N3O2. The summed E-state index contributed by atoms with van der Waals surface area (Å²) in [5.41, 5.74) is -0.561. The molecule has 8 heteroatoms. The largest absolute Gasteiger partial charge is 0.484 e. The number of ether oxygens (including phenoxy) is 1. The van der Waals surface area contributed by atoms with E-state index in [4.69, 9.17) is 4.74 Å². The van der Waals surface area contributed by atoms with Crippen LogP contribution in [0, 0.1) is 0 Å². The molecular weight excluding hydrogens is 347 g/mol. The van der Waals surface area contributed by atoms with Crippen LogP contribution >= 0.6 is 0 Å². The highest BCUT2D eigenvalue weighted by Gasteiger charge is 2.31. The molecule has 0 aliphatic heterocycles. The molecule has 0 saturated heterocycles. The van der Waals surface area contributed by atoms with Crippen molar-refractivity contribution in [3.05, 3.63) is 72.6 Å². The highest BCUT2D eigenvalue weighted by molar-refractivity contribution is 5.94. The molecule has 1 N–H and O–H groups in total. The standard InChI is InChI=1S/C18H14F3N3O2/c19-18(20,21)13-7-8-16(24-10-4-9-22-24)15(11-13)23-17(25)12-26-14-5-2-1-3-6-14/h1-11H,12H2,(H,23,25). The molecule has 2 aromatic carbocycles. The fraction of sp³-hybridized carbons (Fsp3) is 0.111. The zero-order chi connectivity index (χ0) is 18.6. The number of halogens is 3. The minimum Gasteiger partial charge on any atom is -0.484 e. The topological polar surface area (TPSA) is 56.1 Å². The van der Waals surface area contributed by atoms with Crippen molar-refractivity contribution in [3.8, 4) is 11.4 Å². The quantitative estimate of drug-likeness (QED) is 0.750. The van der Waals surface area contributed by atoms with Crippen LogP contribution in [0.2, 0.25) is 0 Å². The van der Waals surface area contributed by atoms with Gasteiger partial charge in [0, 0.05) is 12.4 Å². The number of nitrogens with zero attached hydrogens (tertiary/aromatic N) is 2. The lowest BCUT2D eigenvalue weighted by molar-refractivity contribution is -0.137. The second-order valence-corrected chi connectivity index (χ2v) is 5.33. The number of carbonyl (C=O) groups is 1. The fourth-order valence-electron chi connectivity index (χ4n) is 2.28. The third kappa shape index (κ3) is 4.21. The maximum atomic E-state index is 13.0. The number of benzene rings is 2. The van der Waals surface area contributed by atoms with Crippen LogP contribution in [0.3, 0.4) is 0 Å². The van der Waals surface area contributed by atoms with Crippen molar-refractivity contribution < 1.29 is 22.7 Å². The molecule has 0 aliphatic carbocycles. The van der Waals surface area contributed by atoms with Crippen LogP contribution in [0.15, 0.2) is 67.0 Å². The van der Waals surface area contributed by atoms with E-state index in [-0.39, 0.29) is 12.3 Å². The van der Waals surface area contributed by atoms with E-state index < -0.39 is 17.6 Å².